The lowest BCUT2D eigenvalue weighted by Gasteiger charge is -2.33. The molecule has 4 rings (SSSR count). The number of fused-ring (bicyclic) bond motifs is 1. The van der Waals surface area contributed by atoms with Crippen LogP contribution in [0.2, 0.25) is 0 Å². The van der Waals surface area contributed by atoms with Crippen molar-refractivity contribution in [1.82, 2.24) is 9.47 Å². The molecule has 1 aliphatic heterocycles. The highest BCUT2D eigenvalue weighted by molar-refractivity contribution is 7.90. The fraction of sp³-hybridized carbons (Fsp3) is 0.429. The van der Waals surface area contributed by atoms with Crippen LogP contribution < -0.4 is 10.6 Å². The number of aromatic nitrogens is 1. The number of aliphatic hydroxyl groups is 2. The zero-order valence-corrected chi connectivity index (χ0v) is 22.9. The smallest absolute Gasteiger partial charge is 0.394 e. The van der Waals surface area contributed by atoms with Gasteiger partial charge in [0, 0.05) is 48.7 Å². The van der Waals surface area contributed by atoms with E-state index in [4.69, 9.17) is 5.11 Å². The van der Waals surface area contributed by atoms with Crippen molar-refractivity contribution >= 4 is 32.1 Å². The van der Waals surface area contributed by atoms with Gasteiger partial charge in [0.2, 0.25) is 0 Å². The summed E-state index contributed by atoms with van der Waals surface area (Å²) in [7, 11) is -3.31. The van der Waals surface area contributed by atoms with E-state index in [1.165, 1.54) is 16.7 Å². The first-order chi connectivity index (χ1) is 18.9. The maximum absolute atomic E-state index is 13.5. The first-order valence-electron chi connectivity index (χ1n) is 12.9. The van der Waals surface area contributed by atoms with E-state index in [1.807, 2.05) is 6.07 Å². The molecule has 8 nitrogen and oxygen atoms in total. The molecule has 2 heterocycles. The lowest BCUT2D eigenvalue weighted by atomic mass is 10.0. The Balaban J connectivity index is 1.50. The van der Waals surface area contributed by atoms with Gasteiger partial charge in [0.15, 0.2) is 9.84 Å². The minimum atomic E-state index is -4.43. The normalized spacial score (nSPS) is 15.9. The van der Waals surface area contributed by atoms with E-state index >= 15 is 0 Å². The number of halogens is 3. The molecule has 1 atom stereocenters. The SMILES string of the molecule is CS(=O)(=O)c1ccc(NCC#Cc2cc3c(NC4CCN(C[C@H](O)CO)CC4)cccc3n2CC(F)(F)F)cc1. The molecule has 1 aliphatic rings. The van der Waals surface area contributed by atoms with Crippen LogP contribution in [0.3, 0.4) is 0 Å². The molecule has 216 valence electrons. The van der Waals surface area contributed by atoms with Crippen LogP contribution in [-0.4, -0.2) is 85.5 Å². The van der Waals surface area contributed by atoms with Crippen LogP contribution in [0.5, 0.6) is 0 Å². The summed E-state index contributed by atoms with van der Waals surface area (Å²) in [5.41, 5.74) is 2.04. The number of hydrogen-bond donors (Lipinski definition) is 4. The third-order valence-electron chi connectivity index (χ3n) is 6.79. The second-order valence-electron chi connectivity index (χ2n) is 9.98. The molecule has 0 spiro atoms. The van der Waals surface area contributed by atoms with Crippen molar-refractivity contribution in [2.24, 2.45) is 0 Å². The average molecular weight is 579 g/mol. The number of piperidine rings is 1. The molecule has 0 unspecified atom stereocenters. The molecule has 40 heavy (non-hydrogen) atoms. The molecule has 1 fully saturated rings. The van der Waals surface area contributed by atoms with Gasteiger partial charge in [0.05, 0.1) is 35.4 Å². The molecule has 2 aromatic carbocycles. The average Bonchev–Trinajstić information content (AvgIpc) is 3.24. The summed E-state index contributed by atoms with van der Waals surface area (Å²) in [6, 6.07) is 13.2. The standard InChI is InChI=1S/C28H33F3N4O4S/c1-40(38,39)24-9-7-20(8-10-24)32-13-3-4-22-16-25-26(5-2-6-27(25)35(22)19-28(29,30)31)33-21-11-14-34(15-12-21)17-23(37)18-36/h2,5-10,16,21,23,32-33,36-37H,11-15,17-19H2,1H3/t23-/m0/s1. The number of aliphatic hydroxyl groups excluding tert-OH is 2. The monoisotopic (exact) mass is 578 g/mol. The van der Waals surface area contributed by atoms with Crippen molar-refractivity contribution in [3.05, 3.63) is 54.2 Å². The summed E-state index contributed by atoms with van der Waals surface area (Å²) in [5.74, 6) is 5.74. The number of likely N-dealkylation sites (tertiary alicyclic amines) is 1. The first kappa shape index (κ1) is 29.7. The second kappa shape index (κ2) is 12.5. The van der Waals surface area contributed by atoms with Crippen molar-refractivity contribution in [1.29, 1.82) is 0 Å². The zero-order chi connectivity index (χ0) is 28.9. The van der Waals surface area contributed by atoms with Crippen molar-refractivity contribution in [2.45, 2.75) is 42.6 Å². The van der Waals surface area contributed by atoms with E-state index in [9.17, 15) is 26.7 Å². The Morgan fingerprint density at radius 1 is 1.12 bits per heavy atom. The van der Waals surface area contributed by atoms with Gasteiger partial charge >= 0.3 is 6.18 Å². The van der Waals surface area contributed by atoms with Crippen LogP contribution >= 0.6 is 0 Å². The van der Waals surface area contributed by atoms with E-state index in [0.717, 1.165) is 37.9 Å². The van der Waals surface area contributed by atoms with Crippen molar-refractivity contribution in [3.63, 3.8) is 0 Å². The van der Waals surface area contributed by atoms with E-state index < -0.39 is 28.7 Å². The van der Waals surface area contributed by atoms with Gasteiger partial charge in [-0.15, -0.1) is 0 Å². The number of hydrogen-bond acceptors (Lipinski definition) is 7. The minimum absolute atomic E-state index is 0.118. The molecule has 0 amide bonds. The Morgan fingerprint density at radius 3 is 2.45 bits per heavy atom. The minimum Gasteiger partial charge on any atom is -0.394 e. The van der Waals surface area contributed by atoms with Crippen molar-refractivity contribution in [2.75, 3.05) is 49.7 Å². The fourth-order valence-electron chi connectivity index (χ4n) is 4.80. The third-order valence-corrected chi connectivity index (χ3v) is 7.92. The molecular weight excluding hydrogens is 545 g/mol. The fourth-order valence-corrected chi connectivity index (χ4v) is 5.43. The Morgan fingerprint density at radius 2 is 1.82 bits per heavy atom. The van der Waals surface area contributed by atoms with Crippen LogP contribution in [-0.2, 0) is 16.4 Å². The maximum atomic E-state index is 13.5. The third kappa shape index (κ3) is 7.91. The van der Waals surface area contributed by atoms with Crippen LogP contribution in [0, 0.1) is 11.8 Å². The van der Waals surface area contributed by atoms with Crippen molar-refractivity contribution in [3.8, 4) is 11.8 Å². The Kier molecular flexibility index (Phi) is 9.30. The van der Waals surface area contributed by atoms with Gasteiger partial charge in [-0.3, -0.25) is 0 Å². The van der Waals surface area contributed by atoms with Crippen LogP contribution in [0.15, 0.2) is 53.4 Å². The van der Waals surface area contributed by atoms with E-state index in [1.54, 1.807) is 30.3 Å². The lowest BCUT2D eigenvalue weighted by molar-refractivity contribution is -0.140. The second-order valence-corrected chi connectivity index (χ2v) is 12.0. The van der Waals surface area contributed by atoms with Gasteiger partial charge in [-0.05, 0) is 61.2 Å². The quantitative estimate of drug-likeness (QED) is 0.289. The maximum Gasteiger partial charge on any atom is 0.406 e. The zero-order valence-electron chi connectivity index (χ0n) is 22.1. The summed E-state index contributed by atoms with van der Waals surface area (Å²) in [4.78, 5) is 2.28. The van der Waals surface area contributed by atoms with Gasteiger partial charge in [-0.1, -0.05) is 12.0 Å². The molecule has 0 bridgehead atoms. The lowest BCUT2D eigenvalue weighted by Crippen LogP contribution is -2.43. The Bertz CT molecular complexity index is 1470. The summed E-state index contributed by atoms with van der Waals surface area (Å²) >= 11 is 0. The highest BCUT2D eigenvalue weighted by Crippen LogP contribution is 2.31. The highest BCUT2D eigenvalue weighted by atomic mass is 32.2. The van der Waals surface area contributed by atoms with Crippen LogP contribution in [0.4, 0.5) is 24.5 Å². The summed E-state index contributed by atoms with van der Waals surface area (Å²) < 4.78 is 64.9. The largest absolute Gasteiger partial charge is 0.406 e. The van der Waals surface area contributed by atoms with Crippen molar-refractivity contribution < 1.29 is 31.8 Å². The predicted molar refractivity (Wildman–Crippen MR) is 149 cm³/mol. The van der Waals surface area contributed by atoms with Gasteiger partial charge < -0.3 is 30.3 Å². The summed E-state index contributed by atoms with van der Waals surface area (Å²) in [6.07, 6.45) is -2.50. The molecule has 1 aromatic heterocycles. The molecule has 3 aromatic rings. The van der Waals surface area contributed by atoms with E-state index in [2.05, 4.69) is 27.4 Å². The molecule has 0 aliphatic carbocycles. The van der Waals surface area contributed by atoms with Gasteiger partial charge in [0.1, 0.15) is 6.54 Å². The molecule has 0 radical (unpaired) electrons. The number of nitrogens with zero attached hydrogens (tertiary/aromatic N) is 2. The number of rotatable bonds is 9. The Labute approximate surface area is 231 Å². The number of alkyl halides is 3. The number of β-amino-alcohol motifs (C(OH)–C–C–N with tert-alkyl or cyclic N) is 1. The predicted octanol–water partition coefficient (Wildman–Crippen LogP) is 3.30. The first-order valence-corrected chi connectivity index (χ1v) is 14.8. The van der Waals surface area contributed by atoms with Crippen LogP contribution in [0.1, 0.15) is 18.5 Å². The molecule has 1 saturated heterocycles. The van der Waals surface area contributed by atoms with Gasteiger partial charge in [-0.2, -0.15) is 13.2 Å². The van der Waals surface area contributed by atoms with E-state index in [-0.39, 0.29) is 29.8 Å². The molecular formula is C28H33F3N4O4S. The number of sulfone groups is 1. The number of nitrogens with one attached hydrogen (secondary N) is 2. The summed E-state index contributed by atoms with van der Waals surface area (Å²) in [5, 5.41) is 25.9. The number of anilines is 2. The van der Waals surface area contributed by atoms with E-state index in [0.29, 0.717) is 23.1 Å². The number of benzene rings is 2. The molecule has 0 saturated carbocycles. The van der Waals surface area contributed by atoms with Gasteiger partial charge in [0.25, 0.3) is 0 Å². The molecule has 12 heteroatoms. The summed E-state index contributed by atoms with van der Waals surface area (Å²) in [6.45, 7) is 0.578. The highest BCUT2D eigenvalue weighted by Gasteiger charge is 2.30. The Hall–Kier alpha value is -3.24. The van der Waals surface area contributed by atoms with Crippen LogP contribution in [0.25, 0.3) is 10.9 Å². The topological polar surface area (TPSA) is 107 Å². The van der Waals surface area contributed by atoms with Gasteiger partial charge in [-0.25, -0.2) is 8.42 Å². The molecule has 4 N–H and O–H groups in total.